The van der Waals surface area contributed by atoms with Crippen molar-refractivity contribution in [3.8, 4) is 5.75 Å². The van der Waals surface area contributed by atoms with E-state index in [1.54, 1.807) is 19.9 Å². The molecule has 2 aliphatic rings. The van der Waals surface area contributed by atoms with Crippen molar-refractivity contribution < 1.29 is 32.3 Å². The molecule has 1 unspecified atom stereocenters. The highest BCUT2D eigenvalue weighted by molar-refractivity contribution is 6.14. The lowest BCUT2D eigenvalue weighted by molar-refractivity contribution is -0.190. The predicted octanol–water partition coefficient (Wildman–Crippen LogP) is 4.84. The maximum atomic E-state index is 14.9. The summed E-state index contributed by atoms with van der Waals surface area (Å²) in [6.07, 6.45) is -4.37. The SMILES string of the molecule is COc1cccc(C(=O)NC2(C(F)(F)F)C(=O)N(CCCc3ccccc3)C3=C2C(=O)CC(C)(C)C3)c1. The molecule has 37 heavy (non-hydrogen) atoms. The Morgan fingerprint density at radius 1 is 1.05 bits per heavy atom. The molecule has 1 heterocycles. The summed E-state index contributed by atoms with van der Waals surface area (Å²) < 4.78 is 49.8. The fourth-order valence-corrected chi connectivity index (χ4v) is 5.16. The molecule has 9 heteroatoms. The van der Waals surface area contributed by atoms with Gasteiger partial charge in [0.25, 0.3) is 11.8 Å². The van der Waals surface area contributed by atoms with Crippen molar-refractivity contribution >= 4 is 17.6 Å². The molecular formula is C28H29F3N2O4. The third-order valence-corrected chi connectivity index (χ3v) is 6.87. The Bertz CT molecular complexity index is 1250. The first-order valence-corrected chi connectivity index (χ1v) is 12.1. The van der Waals surface area contributed by atoms with E-state index in [2.05, 4.69) is 0 Å². The van der Waals surface area contributed by atoms with Crippen LogP contribution in [0.25, 0.3) is 0 Å². The molecule has 4 rings (SSSR count). The van der Waals surface area contributed by atoms with E-state index in [1.807, 2.05) is 35.6 Å². The minimum Gasteiger partial charge on any atom is -0.497 e. The quantitative estimate of drug-likeness (QED) is 0.574. The van der Waals surface area contributed by atoms with Gasteiger partial charge in [0.15, 0.2) is 5.78 Å². The highest BCUT2D eigenvalue weighted by Gasteiger charge is 2.71. The number of hydrogen-bond acceptors (Lipinski definition) is 4. The van der Waals surface area contributed by atoms with Gasteiger partial charge in [-0.15, -0.1) is 0 Å². The average molecular weight is 515 g/mol. The number of nitrogens with one attached hydrogen (secondary N) is 1. The molecule has 0 bridgehead atoms. The Morgan fingerprint density at radius 3 is 2.41 bits per heavy atom. The Hall–Kier alpha value is -3.62. The second-order valence-electron chi connectivity index (χ2n) is 10.2. The van der Waals surface area contributed by atoms with Crippen LogP contribution in [0.3, 0.4) is 0 Å². The molecule has 0 saturated heterocycles. The van der Waals surface area contributed by atoms with Crippen LogP contribution in [0.15, 0.2) is 65.9 Å². The van der Waals surface area contributed by atoms with Gasteiger partial charge in [0.1, 0.15) is 5.75 Å². The van der Waals surface area contributed by atoms with Crippen LogP contribution < -0.4 is 10.1 Å². The number of nitrogens with zero attached hydrogens (tertiary/aromatic N) is 1. The van der Waals surface area contributed by atoms with E-state index in [9.17, 15) is 27.6 Å². The molecule has 0 fully saturated rings. The van der Waals surface area contributed by atoms with Gasteiger partial charge in [-0.05, 0) is 48.4 Å². The van der Waals surface area contributed by atoms with Crippen LogP contribution in [0.2, 0.25) is 0 Å². The predicted molar refractivity (Wildman–Crippen MR) is 131 cm³/mol. The number of allylic oxidation sites excluding steroid dienone is 1. The van der Waals surface area contributed by atoms with Crippen molar-refractivity contribution in [2.75, 3.05) is 13.7 Å². The molecule has 2 aromatic rings. The number of carbonyl (C=O) groups excluding carboxylic acids is 3. The molecule has 1 aliphatic heterocycles. The summed E-state index contributed by atoms with van der Waals surface area (Å²) >= 11 is 0. The van der Waals surface area contributed by atoms with Crippen LogP contribution in [-0.4, -0.2) is 47.9 Å². The number of ether oxygens (including phenoxy) is 1. The molecule has 0 saturated carbocycles. The number of ketones is 1. The van der Waals surface area contributed by atoms with E-state index >= 15 is 0 Å². The fourth-order valence-electron chi connectivity index (χ4n) is 5.16. The van der Waals surface area contributed by atoms with E-state index in [1.165, 1.54) is 25.3 Å². The number of halogens is 3. The standard InChI is InChI=1S/C28H29F3N2O4/c1-26(2)16-21-23(22(34)17-26)27(28(29,30)31,32-24(35)19-12-7-13-20(15-19)37-3)25(36)33(21)14-8-11-18-9-5-4-6-10-18/h4-7,9-10,12-13,15H,8,11,14,16-17H2,1-3H3,(H,32,35). The number of benzene rings is 2. The van der Waals surface area contributed by atoms with E-state index in [-0.39, 0.29) is 36.4 Å². The van der Waals surface area contributed by atoms with E-state index < -0.39 is 40.3 Å². The van der Waals surface area contributed by atoms with Gasteiger partial charge in [0.2, 0.25) is 5.54 Å². The zero-order valence-corrected chi connectivity index (χ0v) is 20.9. The Balaban J connectivity index is 1.75. The molecule has 0 radical (unpaired) electrons. The van der Waals surface area contributed by atoms with Crippen molar-refractivity contribution in [3.05, 3.63) is 77.0 Å². The van der Waals surface area contributed by atoms with Crippen LogP contribution in [0.1, 0.15) is 49.0 Å². The zero-order chi connectivity index (χ0) is 27.0. The summed E-state index contributed by atoms with van der Waals surface area (Å²) in [7, 11) is 1.36. The lowest BCUT2D eigenvalue weighted by Crippen LogP contribution is -2.66. The van der Waals surface area contributed by atoms with E-state index in [4.69, 9.17) is 4.74 Å². The van der Waals surface area contributed by atoms with Crippen molar-refractivity contribution in [2.45, 2.75) is 51.2 Å². The summed E-state index contributed by atoms with van der Waals surface area (Å²) in [6, 6.07) is 15.0. The van der Waals surface area contributed by atoms with Gasteiger partial charge in [0, 0.05) is 24.2 Å². The molecule has 6 nitrogen and oxygen atoms in total. The van der Waals surface area contributed by atoms with Gasteiger partial charge in [-0.3, -0.25) is 14.4 Å². The van der Waals surface area contributed by atoms with Crippen LogP contribution >= 0.6 is 0 Å². The van der Waals surface area contributed by atoms with Gasteiger partial charge in [-0.25, -0.2) is 0 Å². The number of alkyl halides is 3. The summed E-state index contributed by atoms with van der Waals surface area (Å²) in [5, 5.41) is 1.96. The van der Waals surface area contributed by atoms with Crippen molar-refractivity contribution in [1.82, 2.24) is 10.2 Å². The molecule has 196 valence electrons. The number of aryl methyl sites for hydroxylation is 1. The molecule has 1 aliphatic carbocycles. The topological polar surface area (TPSA) is 75.7 Å². The lowest BCUT2D eigenvalue weighted by atomic mass is 9.72. The monoisotopic (exact) mass is 514 g/mol. The number of Topliss-reactive ketones (excluding diaryl/α,β-unsaturated/α-hetero) is 1. The fraction of sp³-hybridized carbons (Fsp3) is 0.393. The van der Waals surface area contributed by atoms with Gasteiger partial charge >= 0.3 is 6.18 Å². The smallest absolute Gasteiger partial charge is 0.425 e. The second kappa shape index (κ2) is 9.68. The summed E-state index contributed by atoms with van der Waals surface area (Å²) in [4.78, 5) is 41.1. The van der Waals surface area contributed by atoms with Crippen LogP contribution in [-0.2, 0) is 16.0 Å². The van der Waals surface area contributed by atoms with Crippen molar-refractivity contribution in [2.24, 2.45) is 5.41 Å². The summed E-state index contributed by atoms with van der Waals surface area (Å²) in [5.74, 6) is -2.99. The molecule has 2 amide bonds. The van der Waals surface area contributed by atoms with Crippen molar-refractivity contribution in [3.63, 3.8) is 0 Å². The molecule has 1 N–H and O–H groups in total. The zero-order valence-electron chi connectivity index (χ0n) is 20.9. The van der Waals surface area contributed by atoms with E-state index in [0.29, 0.717) is 12.8 Å². The Labute approximate surface area is 213 Å². The highest BCUT2D eigenvalue weighted by Crippen LogP contribution is 2.51. The van der Waals surface area contributed by atoms with Crippen LogP contribution in [0.5, 0.6) is 5.75 Å². The average Bonchev–Trinajstić information content (AvgIpc) is 3.07. The summed E-state index contributed by atoms with van der Waals surface area (Å²) in [6.45, 7) is 3.55. The Kier molecular flexibility index (Phi) is 6.92. The first-order valence-electron chi connectivity index (χ1n) is 12.1. The molecule has 1 atom stereocenters. The van der Waals surface area contributed by atoms with Gasteiger partial charge < -0.3 is 15.0 Å². The Morgan fingerprint density at radius 2 is 1.76 bits per heavy atom. The second-order valence-corrected chi connectivity index (χ2v) is 10.2. The number of rotatable bonds is 7. The minimum absolute atomic E-state index is 0.0111. The first kappa shape index (κ1) is 26.4. The van der Waals surface area contributed by atoms with Crippen molar-refractivity contribution in [1.29, 1.82) is 0 Å². The number of carbonyl (C=O) groups is 3. The minimum atomic E-state index is -5.25. The number of amides is 2. The highest BCUT2D eigenvalue weighted by atomic mass is 19.4. The van der Waals surface area contributed by atoms with Crippen LogP contribution in [0.4, 0.5) is 13.2 Å². The lowest BCUT2D eigenvalue weighted by Gasteiger charge is -2.35. The van der Waals surface area contributed by atoms with E-state index in [0.717, 1.165) is 10.5 Å². The van der Waals surface area contributed by atoms with Gasteiger partial charge in [-0.2, -0.15) is 13.2 Å². The molecule has 0 spiro atoms. The third kappa shape index (κ3) is 4.86. The first-order chi connectivity index (χ1) is 17.4. The number of hydrogen-bond donors (Lipinski definition) is 1. The molecule has 0 aromatic heterocycles. The maximum Gasteiger partial charge on any atom is 0.425 e. The van der Waals surface area contributed by atoms with Crippen LogP contribution in [0, 0.1) is 5.41 Å². The largest absolute Gasteiger partial charge is 0.497 e. The number of methoxy groups -OCH3 is 1. The maximum absolute atomic E-state index is 14.9. The molecule has 2 aromatic carbocycles. The molecular weight excluding hydrogens is 485 g/mol. The van der Waals surface area contributed by atoms with Gasteiger partial charge in [-0.1, -0.05) is 50.2 Å². The van der Waals surface area contributed by atoms with Gasteiger partial charge in [0.05, 0.1) is 12.7 Å². The third-order valence-electron chi connectivity index (χ3n) is 6.87. The summed E-state index contributed by atoms with van der Waals surface area (Å²) in [5.41, 5.74) is -3.85. The normalized spacial score (nSPS) is 21.2.